The number of nitrogens with one attached hydrogen (secondary N) is 1. The minimum atomic E-state index is -3.83. The molecule has 0 unspecified atom stereocenters. The Bertz CT molecular complexity index is 1630. The first-order valence-electron chi connectivity index (χ1n) is 14.1. The third-order valence-corrected chi connectivity index (χ3v) is 9.27. The normalized spacial score (nSPS) is 11.7. The van der Waals surface area contributed by atoms with E-state index in [2.05, 4.69) is 18.7 Å². The van der Waals surface area contributed by atoms with Crippen molar-refractivity contribution in [2.45, 2.75) is 44.6 Å². The summed E-state index contributed by atoms with van der Waals surface area (Å²) in [5.74, 6) is 0.390. The second-order valence-corrected chi connectivity index (χ2v) is 12.0. The number of hydrogen-bond donors (Lipinski definition) is 3. The van der Waals surface area contributed by atoms with Crippen molar-refractivity contribution < 1.29 is 13.2 Å². The maximum absolute atomic E-state index is 13.8. The maximum atomic E-state index is 13.8. The van der Waals surface area contributed by atoms with Gasteiger partial charge in [-0.2, -0.15) is 0 Å². The Hall–Kier alpha value is -4.22. The van der Waals surface area contributed by atoms with Crippen molar-refractivity contribution in [3.63, 3.8) is 0 Å². The van der Waals surface area contributed by atoms with Crippen molar-refractivity contribution in [1.29, 1.82) is 5.41 Å². The molecule has 5 N–H and O–H groups in total. The van der Waals surface area contributed by atoms with E-state index in [-0.39, 0.29) is 23.7 Å². The van der Waals surface area contributed by atoms with Gasteiger partial charge >= 0.3 is 0 Å². The van der Waals surface area contributed by atoms with Crippen LogP contribution in [0.1, 0.15) is 37.2 Å². The van der Waals surface area contributed by atoms with Gasteiger partial charge in [0, 0.05) is 38.0 Å². The number of sulfonamides is 1. The standard InChI is InChI=1S/C31H39N7O3S/c1-3-36(4-2)20-21-38(42(40,41)26-8-6-5-7-9-26)25-15-16-28-27(22-25)35-30(37(28)19-18-29(32)39)17-12-23-10-13-24(14-11-23)31(33)34/h5-11,13-16,22H,3-4,12,17-21H2,1-2H3,(H2,32,39)(H3,33,34). The number of anilines is 1. The van der Waals surface area contributed by atoms with Crippen LogP contribution in [0.5, 0.6) is 0 Å². The van der Waals surface area contributed by atoms with Gasteiger partial charge in [0.2, 0.25) is 5.91 Å². The van der Waals surface area contributed by atoms with Gasteiger partial charge in [-0.3, -0.25) is 14.5 Å². The number of amides is 1. The number of likely N-dealkylation sites (N-methyl/N-ethyl adjacent to an activating group) is 1. The highest BCUT2D eigenvalue weighted by molar-refractivity contribution is 7.92. The number of carbonyl (C=O) groups excluding carboxylic acids is 1. The smallest absolute Gasteiger partial charge is 0.264 e. The molecule has 10 nitrogen and oxygen atoms in total. The lowest BCUT2D eigenvalue weighted by atomic mass is 10.1. The minimum Gasteiger partial charge on any atom is -0.384 e. The number of rotatable bonds is 15. The van der Waals surface area contributed by atoms with Gasteiger partial charge in [0.25, 0.3) is 10.0 Å². The molecule has 0 saturated heterocycles. The zero-order valence-corrected chi connectivity index (χ0v) is 25.0. The first-order valence-corrected chi connectivity index (χ1v) is 15.6. The quantitative estimate of drug-likeness (QED) is 0.143. The molecule has 1 aromatic heterocycles. The van der Waals surface area contributed by atoms with Crippen LogP contribution < -0.4 is 15.8 Å². The zero-order chi connectivity index (χ0) is 30.3. The third-order valence-electron chi connectivity index (χ3n) is 7.43. The zero-order valence-electron chi connectivity index (χ0n) is 24.2. The van der Waals surface area contributed by atoms with Crippen molar-refractivity contribution in [2.24, 2.45) is 11.5 Å². The Kier molecular flexibility index (Phi) is 9.97. The number of amidine groups is 1. The highest BCUT2D eigenvalue weighted by Gasteiger charge is 2.26. The third kappa shape index (κ3) is 7.15. The van der Waals surface area contributed by atoms with Crippen molar-refractivity contribution in [3.05, 3.63) is 89.7 Å². The molecular weight excluding hydrogens is 550 g/mol. The molecule has 42 heavy (non-hydrogen) atoms. The lowest BCUT2D eigenvalue weighted by Gasteiger charge is -2.27. The first kappa shape index (κ1) is 30.7. The molecule has 0 aliphatic carbocycles. The summed E-state index contributed by atoms with van der Waals surface area (Å²) in [5.41, 5.74) is 14.8. The van der Waals surface area contributed by atoms with Crippen molar-refractivity contribution in [2.75, 3.05) is 30.5 Å². The molecule has 0 spiro atoms. The predicted octanol–water partition coefficient (Wildman–Crippen LogP) is 3.52. The molecule has 3 aromatic carbocycles. The molecule has 0 saturated carbocycles. The van der Waals surface area contributed by atoms with E-state index in [0.29, 0.717) is 42.7 Å². The molecule has 0 fully saturated rings. The van der Waals surface area contributed by atoms with Crippen LogP contribution in [0.2, 0.25) is 0 Å². The lowest BCUT2D eigenvalue weighted by molar-refractivity contribution is -0.118. The Morgan fingerprint density at radius 2 is 1.62 bits per heavy atom. The van der Waals surface area contributed by atoms with Crippen LogP contribution in [0, 0.1) is 5.41 Å². The van der Waals surface area contributed by atoms with E-state index in [1.54, 1.807) is 36.4 Å². The van der Waals surface area contributed by atoms with Gasteiger partial charge < -0.3 is 20.9 Å². The van der Waals surface area contributed by atoms with Crippen LogP contribution >= 0.6 is 0 Å². The average molecular weight is 590 g/mol. The number of aryl methyl sites for hydroxylation is 3. The fourth-order valence-electron chi connectivity index (χ4n) is 4.97. The number of aromatic nitrogens is 2. The monoisotopic (exact) mass is 589 g/mol. The number of hydrogen-bond acceptors (Lipinski definition) is 6. The maximum Gasteiger partial charge on any atom is 0.264 e. The summed E-state index contributed by atoms with van der Waals surface area (Å²) in [6, 6.07) is 21.5. The van der Waals surface area contributed by atoms with E-state index in [1.165, 1.54) is 4.31 Å². The van der Waals surface area contributed by atoms with Gasteiger partial charge in [-0.15, -0.1) is 0 Å². The molecular formula is C31H39N7O3S. The number of carbonyl (C=O) groups is 1. The van der Waals surface area contributed by atoms with Crippen LogP contribution in [0.25, 0.3) is 11.0 Å². The van der Waals surface area contributed by atoms with E-state index in [0.717, 1.165) is 30.0 Å². The van der Waals surface area contributed by atoms with Gasteiger partial charge in [-0.25, -0.2) is 13.4 Å². The van der Waals surface area contributed by atoms with E-state index in [4.69, 9.17) is 21.9 Å². The summed E-state index contributed by atoms with van der Waals surface area (Å²) >= 11 is 0. The van der Waals surface area contributed by atoms with Gasteiger partial charge in [0.1, 0.15) is 11.7 Å². The summed E-state index contributed by atoms with van der Waals surface area (Å²) < 4.78 is 31.1. The molecule has 4 aromatic rings. The average Bonchev–Trinajstić information content (AvgIpc) is 3.34. The van der Waals surface area contributed by atoms with E-state index >= 15 is 0 Å². The topological polar surface area (TPSA) is 151 Å². The minimum absolute atomic E-state index is 0.0195. The largest absolute Gasteiger partial charge is 0.384 e. The van der Waals surface area contributed by atoms with Crippen molar-refractivity contribution in [3.8, 4) is 0 Å². The predicted molar refractivity (Wildman–Crippen MR) is 167 cm³/mol. The fourth-order valence-corrected chi connectivity index (χ4v) is 6.44. The molecule has 0 aliphatic rings. The van der Waals surface area contributed by atoms with Gasteiger partial charge in [0.15, 0.2) is 0 Å². The highest BCUT2D eigenvalue weighted by Crippen LogP contribution is 2.28. The second kappa shape index (κ2) is 13.6. The lowest BCUT2D eigenvalue weighted by Crippen LogP contribution is -2.38. The Labute approximate surface area is 247 Å². The SMILES string of the molecule is CCN(CC)CCN(c1ccc2c(c1)nc(CCc1ccc(C(=N)N)cc1)n2CCC(N)=O)S(=O)(=O)c1ccccc1. The van der Waals surface area contributed by atoms with E-state index < -0.39 is 15.9 Å². The first-order chi connectivity index (χ1) is 20.1. The molecule has 0 atom stereocenters. The molecule has 1 amide bonds. The number of imidazole rings is 1. The van der Waals surface area contributed by atoms with Gasteiger partial charge in [-0.05, 0) is 55.4 Å². The molecule has 11 heteroatoms. The molecule has 0 bridgehead atoms. The number of nitrogens with two attached hydrogens (primary N) is 2. The number of nitrogen functional groups attached to an aromatic ring is 1. The summed E-state index contributed by atoms with van der Waals surface area (Å²) in [6.07, 6.45) is 1.44. The second-order valence-electron chi connectivity index (χ2n) is 10.1. The van der Waals surface area contributed by atoms with Crippen LogP contribution in [0.4, 0.5) is 5.69 Å². The van der Waals surface area contributed by atoms with Crippen LogP contribution in [0.15, 0.2) is 77.7 Å². The van der Waals surface area contributed by atoms with Crippen molar-refractivity contribution >= 4 is 38.5 Å². The summed E-state index contributed by atoms with van der Waals surface area (Å²) in [7, 11) is -3.83. The van der Waals surface area contributed by atoms with Crippen LogP contribution in [-0.4, -0.2) is 60.8 Å². The highest BCUT2D eigenvalue weighted by atomic mass is 32.2. The number of primary amides is 1. The summed E-state index contributed by atoms with van der Waals surface area (Å²) in [4.78, 5) is 19.0. The van der Waals surface area contributed by atoms with Crippen LogP contribution in [0.3, 0.4) is 0 Å². The molecule has 0 aliphatic heterocycles. The Balaban J connectivity index is 1.71. The van der Waals surface area contributed by atoms with Crippen LogP contribution in [-0.2, 0) is 34.2 Å². The van der Waals surface area contributed by atoms with E-state index in [9.17, 15) is 13.2 Å². The fraction of sp³-hybridized carbons (Fsp3) is 0.323. The van der Waals surface area contributed by atoms with Crippen molar-refractivity contribution in [1.82, 2.24) is 14.5 Å². The Morgan fingerprint density at radius 1 is 0.929 bits per heavy atom. The Morgan fingerprint density at radius 3 is 2.24 bits per heavy atom. The molecule has 4 rings (SSSR count). The number of benzene rings is 3. The molecule has 222 valence electrons. The summed E-state index contributed by atoms with van der Waals surface area (Å²) in [6.45, 7) is 7.00. The van der Waals surface area contributed by atoms with E-state index in [1.807, 2.05) is 41.0 Å². The molecule has 0 radical (unpaired) electrons. The molecule has 1 heterocycles. The number of nitrogens with zero attached hydrogens (tertiary/aromatic N) is 4. The summed E-state index contributed by atoms with van der Waals surface area (Å²) in [5, 5.41) is 7.60. The van der Waals surface area contributed by atoms with Gasteiger partial charge in [0.05, 0.1) is 21.6 Å². The number of fused-ring (bicyclic) bond motifs is 1. The van der Waals surface area contributed by atoms with Gasteiger partial charge in [-0.1, -0.05) is 56.3 Å².